The maximum absolute atomic E-state index is 12.9. The van der Waals surface area contributed by atoms with Gasteiger partial charge in [0.15, 0.2) is 0 Å². The van der Waals surface area contributed by atoms with Crippen LogP contribution in [0.5, 0.6) is 0 Å². The average molecular weight is 197 g/mol. The van der Waals surface area contributed by atoms with Crippen LogP contribution in [0.15, 0.2) is 36.1 Å². The van der Waals surface area contributed by atoms with Gasteiger partial charge in [-0.05, 0) is 25.5 Å². The Labute approximate surface area is 83.9 Å². The van der Waals surface area contributed by atoms with Crippen molar-refractivity contribution in [2.24, 2.45) is 5.84 Å². The minimum atomic E-state index is -1.10. The summed E-state index contributed by atoms with van der Waals surface area (Å²) >= 11 is 0. The first kappa shape index (κ1) is 12.6. The SMILES string of the molecule is C=C/C(=C\C(=C/C)N(N)C=N)C(C)F. The summed E-state index contributed by atoms with van der Waals surface area (Å²) in [5.74, 6) is 5.45. The van der Waals surface area contributed by atoms with E-state index >= 15 is 0 Å². The molecule has 14 heavy (non-hydrogen) atoms. The Morgan fingerprint density at radius 2 is 2.21 bits per heavy atom. The van der Waals surface area contributed by atoms with Gasteiger partial charge in [-0.3, -0.25) is 10.4 Å². The zero-order chi connectivity index (χ0) is 11.1. The fourth-order valence-electron chi connectivity index (χ4n) is 0.888. The van der Waals surface area contributed by atoms with Crippen LogP contribution in [0.25, 0.3) is 0 Å². The van der Waals surface area contributed by atoms with Gasteiger partial charge in [0.2, 0.25) is 0 Å². The number of allylic oxidation sites excluding steroid dienone is 4. The molecule has 0 bridgehead atoms. The van der Waals surface area contributed by atoms with Gasteiger partial charge >= 0.3 is 0 Å². The number of hydrazine groups is 1. The topological polar surface area (TPSA) is 53.1 Å². The molecule has 0 aliphatic carbocycles. The van der Waals surface area contributed by atoms with Crippen molar-refractivity contribution in [3.05, 3.63) is 36.1 Å². The van der Waals surface area contributed by atoms with E-state index in [0.717, 1.165) is 11.3 Å². The smallest absolute Gasteiger partial charge is 0.122 e. The summed E-state index contributed by atoms with van der Waals surface area (Å²) in [6, 6.07) is 0. The normalized spacial score (nSPS) is 14.9. The number of alkyl halides is 1. The molecule has 0 aliphatic heterocycles. The summed E-state index contributed by atoms with van der Waals surface area (Å²) in [6.45, 7) is 6.69. The summed E-state index contributed by atoms with van der Waals surface area (Å²) in [5, 5.41) is 8.04. The highest BCUT2D eigenvalue weighted by Gasteiger charge is 2.05. The Morgan fingerprint density at radius 1 is 1.64 bits per heavy atom. The van der Waals surface area contributed by atoms with Crippen LogP contribution in [0.2, 0.25) is 0 Å². The third-order valence-electron chi connectivity index (χ3n) is 1.74. The summed E-state index contributed by atoms with van der Waals surface area (Å²) in [5.41, 5.74) is 0.995. The largest absolute Gasteiger partial charge is 0.290 e. The molecular weight excluding hydrogens is 181 g/mol. The van der Waals surface area contributed by atoms with Gasteiger partial charge in [0, 0.05) is 0 Å². The minimum absolute atomic E-state index is 0.440. The first-order valence-electron chi connectivity index (χ1n) is 4.25. The Balaban J connectivity index is 4.90. The van der Waals surface area contributed by atoms with Crippen LogP contribution in [-0.4, -0.2) is 17.5 Å². The molecule has 0 saturated heterocycles. The molecule has 1 unspecified atom stereocenters. The van der Waals surface area contributed by atoms with Crippen molar-refractivity contribution in [3.8, 4) is 0 Å². The first-order chi connectivity index (χ1) is 6.56. The van der Waals surface area contributed by atoms with E-state index < -0.39 is 6.17 Å². The van der Waals surface area contributed by atoms with Gasteiger partial charge in [0.05, 0.1) is 5.70 Å². The number of nitrogens with zero attached hydrogens (tertiary/aromatic N) is 1. The van der Waals surface area contributed by atoms with E-state index in [0.29, 0.717) is 11.3 Å². The van der Waals surface area contributed by atoms with Crippen molar-refractivity contribution >= 4 is 6.34 Å². The highest BCUT2D eigenvalue weighted by molar-refractivity contribution is 5.55. The minimum Gasteiger partial charge on any atom is -0.290 e. The average Bonchev–Trinajstić information content (AvgIpc) is 2.18. The summed E-state index contributed by atoms with van der Waals surface area (Å²) in [6.07, 6.45) is 4.54. The summed E-state index contributed by atoms with van der Waals surface area (Å²) in [4.78, 5) is 0. The van der Waals surface area contributed by atoms with Crippen LogP contribution in [0, 0.1) is 5.41 Å². The fourth-order valence-corrected chi connectivity index (χ4v) is 0.888. The Kier molecular flexibility index (Phi) is 5.48. The van der Waals surface area contributed by atoms with E-state index in [9.17, 15) is 4.39 Å². The zero-order valence-electron chi connectivity index (χ0n) is 8.50. The van der Waals surface area contributed by atoms with Crippen molar-refractivity contribution in [2.75, 3.05) is 0 Å². The number of hydrogen-bond donors (Lipinski definition) is 2. The predicted molar refractivity (Wildman–Crippen MR) is 57.4 cm³/mol. The maximum atomic E-state index is 12.9. The predicted octanol–water partition coefficient (Wildman–Crippen LogP) is 2.14. The van der Waals surface area contributed by atoms with Crippen molar-refractivity contribution in [2.45, 2.75) is 20.0 Å². The number of nitrogens with two attached hydrogens (primary N) is 1. The van der Waals surface area contributed by atoms with E-state index in [1.54, 1.807) is 19.1 Å². The molecule has 0 fully saturated rings. The molecule has 0 amide bonds. The van der Waals surface area contributed by atoms with Gasteiger partial charge in [-0.1, -0.05) is 18.7 Å². The van der Waals surface area contributed by atoms with Gasteiger partial charge in [-0.15, -0.1) is 0 Å². The van der Waals surface area contributed by atoms with Crippen LogP contribution in [0.4, 0.5) is 4.39 Å². The molecule has 3 N–H and O–H groups in total. The van der Waals surface area contributed by atoms with Crippen molar-refractivity contribution in [3.63, 3.8) is 0 Å². The van der Waals surface area contributed by atoms with E-state index in [2.05, 4.69) is 6.58 Å². The third-order valence-corrected chi connectivity index (χ3v) is 1.74. The molecule has 0 spiro atoms. The van der Waals surface area contributed by atoms with Gasteiger partial charge in [0.1, 0.15) is 12.5 Å². The van der Waals surface area contributed by atoms with Crippen molar-refractivity contribution in [1.82, 2.24) is 5.01 Å². The van der Waals surface area contributed by atoms with E-state index in [4.69, 9.17) is 11.3 Å². The molecule has 0 aromatic rings. The molecule has 78 valence electrons. The highest BCUT2D eigenvalue weighted by Crippen LogP contribution is 2.11. The lowest BCUT2D eigenvalue weighted by molar-refractivity contribution is 0.416. The maximum Gasteiger partial charge on any atom is 0.122 e. The number of nitrogens with one attached hydrogen (secondary N) is 1. The third kappa shape index (κ3) is 3.53. The lowest BCUT2D eigenvalue weighted by Gasteiger charge is -2.14. The molecule has 0 heterocycles. The second-order valence-corrected chi connectivity index (χ2v) is 2.71. The zero-order valence-corrected chi connectivity index (χ0v) is 8.50. The lowest BCUT2D eigenvalue weighted by Crippen LogP contribution is -2.27. The lowest BCUT2D eigenvalue weighted by atomic mass is 10.1. The Morgan fingerprint density at radius 3 is 2.50 bits per heavy atom. The molecule has 0 saturated carbocycles. The Bertz CT molecular complexity index is 267. The standard InChI is InChI=1S/C10H16FN3/c1-4-9(8(3)11)6-10(5-2)14(13)7-12/h4-8,12H,1,13H2,2-3H3/b9-6+,10-5+,12-7?. The van der Waals surface area contributed by atoms with Gasteiger partial charge in [-0.25, -0.2) is 10.2 Å². The van der Waals surface area contributed by atoms with Gasteiger partial charge in [-0.2, -0.15) is 0 Å². The molecule has 4 heteroatoms. The highest BCUT2D eigenvalue weighted by atomic mass is 19.1. The molecule has 3 nitrogen and oxygen atoms in total. The van der Waals surface area contributed by atoms with Crippen LogP contribution < -0.4 is 5.84 Å². The molecule has 0 aliphatic rings. The number of hydrogen-bond acceptors (Lipinski definition) is 2. The van der Waals surface area contributed by atoms with E-state index in [-0.39, 0.29) is 0 Å². The summed E-state index contributed by atoms with van der Waals surface area (Å²) in [7, 11) is 0. The number of rotatable bonds is 5. The van der Waals surface area contributed by atoms with Crippen LogP contribution in [0.3, 0.4) is 0 Å². The number of halogens is 1. The molecular formula is C10H16FN3. The van der Waals surface area contributed by atoms with Gasteiger partial charge < -0.3 is 0 Å². The quantitative estimate of drug-likeness (QED) is 0.233. The van der Waals surface area contributed by atoms with Crippen LogP contribution in [0.1, 0.15) is 13.8 Å². The van der Waals surface area contributed by atoms with Gasteiger partial charge in [0.25, 0.3) is 0 Å². The Hall–Kier alpha value is -1.42. The molecule has 1 atom stereocenters. The van der Waals surface area contributed by atoms with Crippen LogP contribution >= 0.6 is 0 Å². The van der Waals surface area contributed by atoms with E-state index in [1.165, 1.54) is 13.0 Å². The van der Waals surface area contributed by atoms with E-state index in [1.807, 2.05) is 0 Å². The molecule has 0 radical (unpaired) electrons. The molecule has 0 aromatic carbocycles. The van der Waals surface area contributed by atoms with Crippen molar-refractivity contribution in [1.29, 1.82) is 5.41 Å². The second-order valence-electron chi connectivity index (χ2n) is 2.71. The molecule has 0 aromatic heterocycles. The second kappa shape index (κ2) is 6.10. The monoisotopic (exact) mass is 197 g/mol. The van der Waals surface area contributed by atoms with Crippen LogP contribution in [-0.2, 0) is 0 Å². The summed E-state index contributed by atoms with van der Waals surface area (Å²) < 4.78 is 12.9. The fraction of sp³-hybridized carbons (Fsp3) is 0.300. The molecule has 0 rings (SSSR count). The first-order valence-corrected chi connectivity index (χ1v) is 4.25. The van der Waals surface area contributed by atoms with Crippen molar-refractivity contribution < 1.29 is 4.39 Å².